The molecule has 1 atom stereocenters. The summed E-state index contributed by atoms with van der Waals surface area (Å²) in [6, 6.07) is 0.570. The highest BCUT2D eigenvalue weighted by atomic mass is 15.0. The molecule has 0 amide bonds. The van der Waals surface area contributed by atoms with Gasteiger partial charge in [-0.1, -0.05) is 20.8 Å². The Bertz CT molecular complexity index is 315. The Morgan fingerprint density at radius 1 is 1.50 bits per heavy atom. The molecule has 16 heavy (non-hydrogen) atoms. The van der Waals surface area contributed by atoms with Gasteiger partial charge in [0, 0.05) is 31.9 Å². The van der Waals surface area contributed by atoms with Crippen molar-refractivity contribution in [2.75, 3.05) is 6.54 Å². The van der Waals surface area contributed by atoms with E-state index in [0.29, 0.717) is 11.5 Å². The predicted octanol–water partition coefficient (Wildman–Crippen LogP) is 2.38. The van der Waals surface area contributed by atoms with Gasteiger partial charge in [0.1, 0.15) is 5.82 Å². The Hall–Kier alpha value is -0.830. The molecule has 3 nitrogen and oxygen atoms in total. The molecule has 0 radical (unpaired) electrons. The largest absolute Gasteiger partial charge is 0.338 e. The maximum absolute atomic E-state index is 4.40. The zero-order valence-electron chi connectivity index (χ0n) is 11.2. The van der Waals surface area contributed by atoms with E-state index >= 15 is 0 Å². The molecule has 0 spiro atoms. The summed E-state index contributed by atoms with van der Waals surface area (Å²) in [4.78, 5) is 4.40. The van der Waals surface area contributed by atoms with E-state index in [1.807, 2.05) is 12.4 Å². The minimum atomic E-state index is 0.292. The minimum absolute atomic E-state index is 0.292. The van der Waals surface area contributed by atoms with Crippen LogP contribution >= 0.6 is 0 Å². The molecule has 0 saturated carbocycles. The summed E-state index contributed by atoms with van der Waals surface area (Å²) in [6.07, 6.45) is 6.10. The number of nitrogens with one attached hydrogen (secondary N) is 1. The van der Waals surface area contributed by atoms with Gasteiger partial charge >= 0.3 is 0 Å². The third-order valence-electron chi connectivity index (χ3n) is 2.97. The smallest absolute Gasteiger partial charge is 0.108 e. The van der Waals surface area contributed by atoms with Crippen LogP contribution in [0.4, 0.5) is 0 Å². The normalized spacial score (nSPS) is 14.1. The van der Waals surface area contributed by atoms with E-state index < -0.39 is 0 Å². The Labute approximate surface area is 99.3 Å². The molecule has 1 rings (SSSR count). The zero-order valence-corrected chi connectivity index (χ0v) is 11.2. The third kappa shape index (κ3) is 3.97. The quantitative estimate of drug-likeness (QED) is 0.802. The molecule has 0 aliphatic heterocycles. The molecule has 0 aromatic carbocycles. The van der Waals surface area contributed by atoms with Crippen molar-refractivity contribution in [2.24, 2.45) is 12.5 Å². The van der Waals surface area contributed by atoms with Gasteiger partial charge in [-0.05, 0) is 25.3 Å². The predicted molar refractivity (Wildman–Crippen MR) is 68.4 cm³/mol. The van der Waals surface area contributed by atoms with Crippen molar-refractivity contribution >= 4 is 0 Å². The number of rotatable bonds is 6. The van der Waals surface area contributed by atoms with Gasteiger partial charge in [0.25, 0.3) is 0 Å². The number of aryl methyl sites for hydroxylation is 1. The summed E-state index contributed by atoms with van der Waals surface area (Å²) in [5.74, 6) is 1.17. The molecule has 0 aliphatic rings. The number of nitrogens with zero attached hydrogens (tertiary/aromatic N) is 2. The summed E-state index contributed by atoms with van der Waals surface area (Å²) in [5.41, 5.74) is 0.292. The molecular weight excluding hydrogens is 198 g/mol. The first-order chi connectivity index (χ1) is 7.44. The molecule has 1 unspecified atom stereocenters. The van der Waals surface area contributed by atoms with Crippen LogP contribution in [0.3, 0.4) is 0 Å². The summed E-state index contributed by atoms with van der Waals surface area (Å²) in [7, 11) is 2.06. The van der Waals surface area contributed by atoms with Crippen LogP contribution in [0.25, 0.3) is 0 Å². The van der Waals surface area contributed by atoms with Crippen LogP contribution in [0.2, 0.25) is 0 Å². The number of imidazole rings is 1. The molecule has 92 valence electrons. The maximum atomic E-state index is 4.40. The standard InChI is InChI=1S/C13H25N3/c1-6-14-11(2)9-13(3,4)10-12-15-7-8-16(12)5/h7-8,11,14H,6,9-10H2,1-5H3. The fourth-order valence-electron chi connectivity index (χ4n) is 2.32. The maximum Gasteiger partial charge on any atom is 0.108 e. The lowest BCUT2D eigenvalue weighted by atomic mass is 9.82. The lowest BCUT2D eigenvalue weighted by molar-refractivity contribution is 0.281. The summed E-state index contributed by atoms with van der Waals surface area (Å²) < 4.78 is 2.11. The summed E-state index contributed by atoms with van der Waals surface area (Å²) in [6.45, 7) is 10.1. The molecule has 1 N–H and O–H groups in total. The van der Waals surface area contributed by atoms with Crippen LogP contribution in [-0.2, 0) is 13.5 Å². The molecule has 0 fully saturated rings. The lowest BCUT2D eigenvalue weighted by Gasteiger charge is -2.28. The van der Waals surface area contributed by atoms with Gasteiger partial charge in [-0.2, -0.15) is 0 Å². The van der Waals surface area contributed by atoms with Gasteiger partial charge in [0.15, 0.2) is 0 Å². The van der Waals surface area contributed by atoms with Crippen molar-refractivity contribution in [2.45, 2.75) is 46.6 Å². The van der Waals surface area contributed by atoms with E-state index in [-0.39, 0.29) is 0 Å². The van der Waals surface area contributed by atoms with Crippen molar-refractivity contribution in [3.05, 3.63) is 18.2 Å². The summed E-state index contributed by atoms with van der Waals surface area (Å²) >= 11 is 0. The SMILES string of the molecule is CCNC(C)CC(C)(C)Cc1nccn1C. The second-order valence-corrected chi connectivity index (χ2v) is 5.46. The topological polar surface area (TPSA) is 29.9 Å². The Morgan fingerprint density at radius 3 is 2.69 bits per heavy atom. The van der Waals surface area contributed by atoms with Crippen molar-refractivity contribution < 1.29 is 0 Å². The highest BCUT2D eigenvalue weighted by Crippen LogP contribution is 2.26. The van der Waals surface area contributed by atoms with Crippen LogP contribution in [0.1, 0.15) is 39.9 Å². The van der Waals surface area contributed by atoms with Crippen molar-refractivity contribution in [3.8, 4) is 0 Å². The highest BCUT2D eigenvalue weighted by molar-refractivity contribution is 4.95. The van der Waals surface area contributed by atoms with E-state index in [9.17, 15) is 0 Å². The Morgan fingerprint density at radius 2 is 2.19 bits per heavy atom. The van der Waals surface area contributed by atoms with Crippen LogP contribution < -0.4 is 5.32 Å². The van der Waals surface area contributed by atoms with Crippen molar-refractivity contribution in [3.63, 3.8) is 0 Å². The van der Waals surface area contributed by atoms with E-state index in [1.165, 1.54) is 12.2 Å². The average molecular weight is 223 g/mol. The Balaban J connectivity index is 2.54. The molecule has 1 heterocycles. The van der Waals surface area contributed by atoms with Crippen LogP contribution in [0.15, 0.2) is 12.4 Å². The summed E-state index contributed by atoms with van der Waals surface area (Å²) in [5, 5.41) is 3.47. The van der Waals surface area contributed by atoms with Crippen LogP contribution in [0, 0.1) is 5.41 Å². The van der Waals surface area contributed by atoms with Gasteiger partial charge < -0.3 is 9.88 Å². The first-order valence-corrected chi connectivity index (χ1v) is 6.14. The third-order valence-corrected chi connectivity index (χ3v) is 2.97. The molecule has 0 aliphatic carbocycles. The minimum Gasteiger partial charge on any atom is -0.338 e. The Kier molecular flexibility index (Phi) is 4.54. The lowest BCUT2D eigenvalue weighted by Crippen LogP contribution is -2.32. The van der Waals surface area contributed by atoms with Gasteiger partial charge in [-0.15, -0.1) is 0 Å². The van der Waals surface area contributed by atoms with Crippen LogP contribution in [-0.4, -0.2) is 22.1 Å². The van der Waals surface area contributed by atoms with Crippen molar-refractivity contribution in [1.82, 2.24) is 14.9 Å². The van der Waals surface area contributed by atoms with Gasteiger partial charge in [0.05, 0.1) is 0 Å². The van der Waals surface area contributed by atoms with Gasteiger partial charge in [-0.25, -0.2) is 4.98 Å². The fourth-order valence-corrected chi connectivity index (χ4v) is 2.32. The van der Waals surface area contributed by atoms with E-state index in [1.54, 1.807) is 0 Å². The molecule has 1 aromatic rings. The second-order valence-electron chi connectivity index (χ2n) is 5.46. The van der Waals surface area contributed by atoms with Crippen LogP contribution in [0.5, 0.6) is 0 Å². The van der Waals surface area contributed by atoms with Crippen molar-refractivity contribution in [1.29, 1.82) is 0 Å². The fraction of sp³-hybridized carbons (Fsp3) is 0.769. The van der Waals surface area contributed by atoms with E-state index in [2.05, 4.69) is 49.6 Å². The number of hydrogen-bond acceptors (Lipinski definition) is 2. The average Bonchev–Trinajstić information content (AvgIpc) is 2.50. The second kappa shape index (κ2) is 5.48. The molecule has 0 bridgehead atoms. The highest BCUT2D eigenvalue weighted by Gasteiger charge is 2.22. The molecule has 3 heteroatoms. The zero-order chi connectivity index (χ0) is 12.2. The first kappa shape index (κ1) is 13.2. The molecule has 0 saturated heterocycles. The first-order valence-electron chi connectivity index (χ1n) is 6.14. The van der Waals surface area contributed by atoms with E-state index in [0.717, 1.165) is 13.0 Å². The van der Waals surface area contributed by atoms with E-state index in [4.69, 9.17) is 0 Å². The van der Waals surface area contributed by atoms with Gasteiger partial charge in [-0.3, -0.25) is 0 Å². The number of aromatic nitrogens is 2. The number of hydrogen-bond donors (Lipinski definition) is 1. The molecule has 1 aromatic heterocycles. The molecular formula is C13H25N3. The monoisotopic (exact) mass is 223 g/mol. The van der Waals surface area contributed by atoms with Gasteiger partial charge in [0.2, 0.25) is 0 Å².